The molecule has 4 saturated heterocycles. The van der Waals surface area contributed by atoms with Gasteiger partial charge in [0.05, 0.1) is 0 Å². The zero-order chi connectivity index (χ0) is 10.2. The van der Waals surface area contributed by atoms with Crippen molar-refractivity contribution in [3.05, 3.63) is 0 Å². The summed E-state index contributed by atoms with van der Waals surface area (Å²) in [4.78, 5) is 0. The third kappa shape index (κ3) is 7.48. The Hall–Kier alpha value is 7.57. The Morgan fingerprint density at radius 2 is 0.579 bits per heavy atom. The van der Waals surface area contributed by atoms with Crippen LogP contribution in [0.25, 0.3) is 0 Å². The average Bonchev–Trinajstić information content (AvgIpc) is 1.67. The Balaban J connectivity index is -0.000000512. The maximum atomic E-state index is 5.75. The van der Waals surface area contributed by atoms with Crippen molar-refractivity contribution in [2.75, 3.05) is 0 Å². The number of halogens is 1. The SMILES string of the molecule is S=P12SP3(=S)SP(=S)(S1)SP(=S)(S2)S3.[I-].[Li+].[Li+].[Li+].[SH-]. The summed E-state index contributed by atoms with van der Waals surface area (Å²) in [5.74, 6) is 0. The molecule has 0 aromatic carbocycles. The molecule has 0 spiro atoms. The fourth-order valence-corrected chi connectivity index (χ4v) is 222. The van der Waals surface area contributed by atoms with Gasteiger partial charge in [-0.3, -0.25) is 0 Å². The predicted molar refractivity (Wildman–Crippen MR) is 111 cm³/mol. The molecule has 4 heterocycles. The molecule has 4 aliphatic heterocycles. The van der Waals surface area contributed by atoms with Crippen LogP contribution in [0.5, 0.6) is 0 Å². The van der Waals surface area contributed by atoms with Crippen molar-refractivity contribution < 1.29 is 80.6 Å². The van der Waals surface area contributed by atoms with E-state index in [1.807, 2.05) is 66.0 Å². The topological polar surface area (TPSA) is 0 Å². The Morgan fingerprint density at radius 1 is 0.474 bits per heavy atom. The molecule has 0 aliphatic carbocycles. The second-order valence-electron chi connectivity index (χ2n) is 2.28. The van der Waals surface area contributed by atoms with E-state index in [1.54, 1.807) is 0 Å². The van der Waals surface area contributed by atoms with Gasteiger partial charge < -0.3 is 37.5 Å². The molecule has 0 N–H and O–H groups in total. The van der Waals surface area contributed by atoms with E-state index in [1.165, 1.54) is 0 Å². The molecule has 0 atom stereocenters. The summed E-state index contributed by atoms with van der Waals surface area (Å²) in [6.45, 7) is 0. The summed E-state index contributed by atoms with van der Waals surface area (Å²) in [6, 6.07) is 0. The summed E-state index contributed by atoms with van der Waals surface area (Å²) in [5.41, 5.74) is 0. The maximum absolute atomic E-state index is 5.75. The first kappa shape index (κ1) is 31.3. The summed E-state index contributed by atoms with van der Waals surface area (Å²) < 4.78 is -5.64. The monoisotopic (exact) mass is 625 g/mol. The van der Waals surface area contributed by atoms with Gasteiger partial charge in [-0.15, -0.1) is 0 Å². The molecule has 4 bridgehead atoms. The molecule has 0 amide bonds. The van der Waals surface area contributed by atoms with Crippen LogP contribution in [0.1, 0.15) is 0 Å². The fourth-order valence-electron chi connectivity index (χ4n) is 0.914. The molecule has 4 rings (SSSR count). The molecule has 4 fully saturated rings. The van der Waals surface area contributed by atoms with Crippen molar-refractivity contribution in [1.82, 2.24) is 0 Å². The van der Waals surface area contributed by atoms with Crippen molar-refractivity contribution in [2.45, 2.75) is 0 Å². The first-order valence-corrected chi connectivity index (χ1v) is 26.3. The van der Waals surface area contributed by atoms with Crippen LogP contribution in [-0.4, -0.2) is 0 Å². The van der Waals surface area contributed by atoms with Gasteiger partial charge in [-0.05, 0) is 66.0 Å². The van der Waals surface area contributed by atoms with Gasteiger partial charge in [0.2, 0.25) is 0 Å². The van der Waals surface area contributed by atoms with Gasteiger partial charge in [0.1, 0.15) is 14.6 Å². The van der Waals surface area contributed by atoms with Crippen LogP contribution in [0.2, 0.25) is 0 Å². The summed E-state index contributed by atoms with van der Waals surface area (Å²) in [5, 5.41) is 0. The van der Waals surface area contributed by atoms with Gasteiger partial charge >= 0.3 is 56.6 Å². The molecular formula is HILi3P4S11+. The van der Waals surface area contributed by atoms with Gasteiger partial charge in [-0.2, -0.15) is 0 Å². The van der Waals surface area contributed by atoms with Crippen LogP contribution < -0.4 is 80.6 Å². The van der Waals surface area contributed by atoms with Crippen molar-refractivity contribution in [3.8, 4) is 0 Å². The molecule has 0 aromatic rings. The number of rotatable bonds is 0. The molecule has 0 aromatic heterocycles. The largest absolute Gasteiger partial charge is 1.00 e. The van der Waals surface area contributed by atoms with Crippen LogP contribution in [0.15, 0.2) is 0 Å². The third-order valence-corrected chi connectivity index (χ3v) is 97.2. The minimum atomic E-state index is -1.41. The minimum absolute atomic E-state index is 0. The summed E-state index contributed by atoms with van der Waals surface area (Å²) in [6.07, 6.45) is 0. The van der Waals surface area contributed by atoms with Gasteiger partial charge in [0.25, 0.3) is 0 Å². The Morgan fingerprint density at radius 3 is 0.684 bits per heavy atom. The van der Waals surface area contributed by atoms with E-state index >= 15 is 0 Å². The first-order chi connectivity index (χ1) is 6.24. The van der Waals surface area contributed by atoms with Crippen LogP contribution in [0.3, 0.4) is 0 Å². The summed E-state index contributed by atoms with van der Waals surface area (Å²) >= 11 is 34.5. The molecular weight excluding hydrogens is 624 g/mol. The molecule has 0 nitrogen and oxygen atoms in total. The normalized spacial score (nSPS) is 48.4. The molecule has 19 heteroatoms. The van der Waals surface area contributed by atoms with E-state index in [-0.39, 0.29) is 94.1 Å². The average molecular weight is 625 g/mol. The second-order valence-corrected chi connectivity index (χ2v) is 61.5. The van der Waals surface area contributed by atoms with Crippen molar-refractivity contribution in [2.24, 2.45) is 0 Å². The standard InChI is InChI=1S/HI.3Li.P4S10.H2S/c;;;;5-1-9-2(6)12-3(7,10-1)14-4(8,11-1)13-2;/h1H;;;;;1H2/q;3*+1;;/p-2. The number of hydrogen-bond acceptors (Lipinski definition) is 11. The fraction of sp³-hybridized carbons (Fsp3) is 0. The maximum Gasteiger partial charge on any atom is 1.00 e. The van der Waals surface area contributed by atoms with Gasteiger partial charge in [0, 0.05) is 0 Å². The molecule has 0 unspecified atom stereocenters. The third-order valence-electron chi connectivity index (χ3n) is 1.20. The van der Waals surface area contributed by atoms with E-state index in [2.05, 4.69) is 0 Å². The van der Waals surface area contributed by atoms with Crippen LogP contribution in [0.4, 0.5) is 0 Å². The van der Waals surface area contributed by atoms with Gasteiger partial charge in [-0.25, -0.2) is 0 Å². The van der Waals surface area contributed by atoms with E-state index in [0.29, 0.717) is 0 Å². The van der Waals surface area contributed by atoms with Gasteiger partial charge in [0.15, 0.2) is 0 Å². The number of hydrogen-bond donors (Lipinski definition) is 0. The Bertz CT molecular complexity index is 362. The Kier molecular flexibility index (Phi) is 18.0. The minimum Gasteiger partial charge on any atom is -1.00 e. The molecule has 4 aliphatic rings. The smallest absolute Gasteiger partial charge is 1.00 e. The van der Waals surface area contributed by atoms with E-state index in [4.69, 9.17) is 47.2 Å². The van der Waals surface area contributed by atoms with E-state index in [0.717, 1.165) is 0 Å². The second kappa shape index (κ2) is 10.9. The van der Waals surface area contributed by atoms with E-state index < -0.39 is 14.6 Å². The van der Waals surface area contributed by atoms with Crippen LogP contribution in [0, 0.1) is 0 Å². The number of thiol groups is 1. The first-order valence-electron chi connectivity index (χ1n) is 2.92. The molecule has 0 radical (unpaired) electrons. The van der Waals surface area contributed by atoms with Gasteiger partial charge in [-0.1, -0.05) is 47.2 Å². The summed E-state index contributed by atoms with van der Waals surface area (Å²) in [7, 11) is 0. The molecule has 96 valence electrons. The predicted octanol–water partition coefficient (Wildman–Crippen LogP) is -4.93. The zero-order valence-corrected chi connectivity index (χ0v) is 24.5. The van der Waals surface area contributed by atoms with Crippen LogP contribution in [-0.2, 0) is 60.7 Å². The van der Waals surface area contributed by atoms with Crippen molar-refractivity contribution >= 4 is 141 Å². The quantitative estimate of drug-likeness (QED) is 0.0838. The van der Waals surface area contributed by atoms with Crippen LogP contribution >= 0.6 is 80.6 Å². The van der Waals surface area contributed by atoms with E-state index in [9.17, 15) is 0 Å². The molecule has 19 heavy (non-hydrogen) atoms. The van der Waals surface area contributed by atoms with Crippen molar-refractivity contribution in [3.63, 3.8) is 0 Å². The Labute approximate surface area is 217 Å². The zero-order valence-electron chi connectivity index (χ0n) is 9.70. The molecule has 0 saturated carbocycles. The van der Waals surface area contributed by atoms with Crippen molar-refractivity contribution in [1.29, 1.82) is 0 Å².